The third-order valence-corrected chi connectivity index (χ3v) is 4.03. The lowest BCUT2D eigenvalue weighted by atomic mass is 10.0. The van der Waals surface area contributed by atoms with Crippen LogP contribution in [0.15, 0.2) is 30.5 Å². The van der Waals surface area contributed by atoms with Crippen molar-refractivity contribution in [3.05, 3.63) is 52.6 Å². The summed E-state index contributed by atoms with van der Waals surface area (Å²) in [7, 11) is 1.73. The van der Waals surface area contributed by atoms with E-state index in [-0.39, 0.29) is 23.5 Å². The Balaban J connectivity index is 1.88. The summed E-state index contributed by atoms with van der Waals surface area (Å²) >= 11 is 6.05. The second-order valence-corrected chi connectivity index (χ2v) is 5.61. The molecular weight excluding hydrogens is 293 g/mol. The van der Waals surface area contributed by atoms with Gasteiger partial charge in [0, 0.05) is 19.8 Å². The predicted molar refractivity (Wildman–Crippen MR) is 77.6 cm³/mol. The van der Waals surface area contributed by atoms with Crippen LogP contribution < -0.4 is 0 Å². The van der Waals surface area contributed by atoms with E-state index in [2.05, 4.69) is 5.10 Å². The first-order chi connectivity index (χ1) is 10.1. The minimum atomic E-state index is -0.276. The number of amides is 1. The van der Waals surface area contributed by atoms with Crippen molar-refractivity contribution < 1.29 is 9.18 Å². The fourth-order valence-corrected chi connectivity index (χ4v) is 3.04. The Kier molecular flexibility index (Phi) is 3.68. The summed E-state index contributed by atoms with van der Waals surface area (Å²) in [6.45, 7) is 0.660. The molecule has 110 valence electrons. The van der Waals surface area contributed by atoms with E-state index < -0.39 is 0 Å². The molecule has 1 aromatic carbocycles. The van der Waals surface area contributed by atoms with Gasteiger partial charge in [-0.15, -0.1) is 0 Å². The van der Waals surface area contributed by atoms with Crippen molar-refractivity contribution in [2.24, 2.45) is 7.05 Å². The zero-order chi connectivity index (χ0) is 15.0. The van der Waals surface area contributed by atoms with Crippen LogP contribution in [0.3, 0.4) is 0 Å². The van der Waals surface area contributed by atoms with Gasteiger partial charge in [-0.2, -0.15) is 5.10 Å². The molecule has 6 heteroatoms. The van der Waals surface area contributed by atoms with Crippen molar-refractivity contribution >= 4 is 17.5 Å². The maximum absolute atomic E-state index is 13.0. The molecule has 1 atom stereocenters. The number of hydrogen-bond donors (Lipinski definition) is 0. The van der Waals surface area contributed by atoms with Gasteiger partial charge in [0.15, 0.2) is 5.69 Å². The summed E-state index contributed by atoms with van der Waals surface area (Å²) < 4.78 is 14.6. The molecule has 1 amide bonds. The van der Waals surface area contributed by atoms with E-state index in [0.29, 0.717) is 11.6 Å². The number of halogens is 2. The number of benzene rings is 1. The molecule has 0 unspecified atom stereocenters. The highest BCUT2D eigenvalue weighted by Crippen LogP contribution is 2.33. The van der Waals surface area contributed by atoms with Gasteiger partial charge in [-0.25, -0.2) is 4.39 Å². The van der Waals surface area contributed by atoms with Gasteiger partial charge in [-0.05, 0) is 30.5 Å². The molecule has 1 aliphatic heterocycles. The van der Waals surface area contributed by atoms with Crippen LogP contribution in [-0.4, -0.2) is 27.1 Å². The Morgan fingerprint density at radius 1 is 1.38 bits per heavy atom. The highest BCUT2D eigenvalue weighted by atomic mass is 35.5. The van der Waals surface area contributed by atoms with Gasteiger partial charge in [0.05, 0.1) is 11.1 Å². The molecule has 1 aromatic heterocycles. The van der Waals surface area contributed by atoms with E-state index in [9.17, 15) is 9.18 Å². The van der Waals surface area contributed by atoms with Crippen LogP contribution in [0.25, 0.3) is 0 Å². The lowest BCUT2D eigenvalue weighted by Crippen LogP contribution is -2.31. The number of aromatic nitrogens is 2. The van der Waals surface area contributed by atoms with Gasteiger partial charge in [-0.3, -0.25) is 9.48 Å². The molecule has 0 aliphatic carbocycles. The minimum Gasteiger partial charge on any atom is -0.330 e. The summed E-state index contributed by atoms with van der Waals surface area (Å²) in [4.78, 5) is 14.4. The van der Waals surface area contributed by atoms with Crippen molar-refractivity contribution in [2.45, 2.75) is 18.9 Å². The Morgan fingerprint density at radius 3 is 2.71 bits per heavy atom. The first kappa shape index (κ1) is 14.1. The van der Waals surface area contributed by atoms with Crippen molar-refractivity contribution in [1.29, 1.82) is 0 Å². The lowest BCUT2D eigenvalue weighted by molar-refractivity contribution is 0.0729. The van der Waals surface area contributed by atoms with Gasteiger partial charge >= 0.3 is 0 Å². The van der Waals surface area contributed by atoms with E-state index in [0.717, 1.165) is 18.4 Å². The number of aryl methyl sites for hydroxylation is 1. The molecule has 21 heavy (non-hydrogen) atoms. The second kappa shape index (κ2) is 5.48. The first-order valence-electron chi connectivity index (χ1n) is 6.82. The number of rotatable bonds is 2. The average Bonchev–Trinajstić information content (AvgIpc) is 3.05. The minimum absolute atomic E-state index is 0.0452. The number of nitrogens with zero attached hydrogens (tertiary/aromatic N) is 3. The largest absolute Gasteiger partial charge is 0.330 e. The van der Waals surface area contributed by atoms with Crippen LogP contribution in [0.5, 0.6) is 0 Å². The van der Waals surface area contributed by atoms with Gasteiger partial charge in [0.25, 0.3) is 5.91 Å². The number of likely N-dealkylation sites (tertiary alicyclic amines) is 1. The van der Waals surface area contributed by atoms with Gasteiger partial charge in [0.1, 0.15) is 5.82 Å². The van der Waals surface area contributed by atoms with Crippen LogP contribution in [0.2, 0.25) is 5.02 Å². The summed E-state index contributed by atoms with van der Waals surface area (Å²) in [6, 6.07) is 6.25. The Hall–Kier alpha value is -1.88. The number of carbonyl (C=O) groups excluding carboxylic acids is 1. The fourth-order valence-electron chi connectivity index (χ4n) is 2.78. The second-order valence-electron chi connectivity index (χ2n) is 5.21. The fraction of sp³-hybridized carbons (Fsp3) is 0.333. The third-order valence-electron chi connectivity index (χ3n) is 3.76. The summed E-state index contributed by atoms with van der Waals surface area (Å²) in [5.74, 6) is -0.449. The van der Waals surface area contributed by atoms with Crippen molar-refractivity contribution in [3.8, 4) is 0 Å². The molecule has 0 saturated carbocycles. The maximum Gasteiger partial charge on any atom is 0.276 e. The molecule has 2 heterocycles. The maximum atomic E-state index is 13.0. The molecule has 3 rings (SSSR count). The molecular formula is C15H15ClFN3O. The SMILES string of the molecule is Cn1cc(Cl)c(C(=O)N2CCC[C@@H]2c2ccc(F)cc2)n1. The van der Waals surface area contributed by atoms with E-state index in [4.69, 9.17) is 11.6 Å². The standard InChI is InChI=1S/C15H15ClFN3O/c1-19-9-12(16)14(18-19)15(21)20-8-2-3-13(20)10-4-6-11(17)7-5-10/h4-7,9,13H,2-3,8H2,1H3/t13-/m1/s1. The van der Waals surface area contributed by atoms with Crippen molar-refractivity contribution in [2.75, 3.05) is 6.54 Å². The predicted octanol–water partition coefficient (Wildman–Crippen LogP) is 3.19. The smallest absolute Gasteiger partial charge is 0.276 e. The monoisotopic (exact) mass is 307 g/mol. The van der Waals surface area contributed by atoms with Gasteiger partial charge in [-0.1, -0.05) is 23.7 Å². The first-order valence-corrected chi connectivity index (χ1v) is 7.19. The van der Waals surface area contributed by atoms with Gasteiger partial charge in [0.2, 0.25) is 0 Å². The van der Waals surface area contributed by atoms with Crippen LogP contribution in [0.4, 0.5) is 4.39 Å². The molecule has 0 radical (unpaired) electrons. The quantitative estimate of drug-likeness (QED) is 0.854. The van der Waals surface area contributed by atoms with E-state index in [1.165, 1.54) is 16.8 Å². The van der Waals surface area contributed by atoms with Crippen LogP contribution in [0.1, 0.15) is 34.9 Å². The number of hydrogen-bond acceptors (Lipinski definition) is 2. The topological polar surface area (TPSA) is 38.1 Å². The normalized spacial score (nSPS) is 18.2. The molecule has 0 N–H and O–H groups in total. The summed E-state index contributed by atoms with van der Waals surface area (Å²) in [6.07, 6.45) is 3.39. The van der Waals surface area contributed by atoms with Crippen LogP contribution >= 0.6 is 11.6 Å². The zero-order valence-corrected chi connectivity index (χ0v) is 12.3. The van der Waals surface area contributed by atoms with Crippen molar-refractivity contribution in [1.82, 2.24) is 14.7 Å². The summed E-state index contributed by atoms with van der Waals surface area (Å²) in [5, 5.41) is 4.48. The Bertz CT molecular complexity index is 668. The highest BCUT2D eigenvalue weighted by molar-refractivity contribution is 6.33. The number of carbonyl (C=O) groups is 1. The van der Waals surface area contributed by atoms with Crippen molar-refractivity contribution in [3.63, 3.8) is 0 Å². The molecule has 1 saturated heterocycles. The zero-order valence-electron chi connectivity index (χ0n) is 11.6. The Morgan fingerprint density at radius 2 is 2.10 bits per heavy atom. The van der Waals surface area contributed by atoms with E-state index in [1.54, 1.807) is 30.3 Å². The molecule has 0 spiro atoms. The lowest BCUT2D eigenvalue weighted by Gasteiger charge is -2.24. The Labute approximate surface area is 127 Å². The van der Waals surface area contributed by atoms with Crippen LogP contribution in [0, 0.1) is 5.82 Å². The average molecular weight is 308 g/mol. The highest BCUT2D eigenvalue weighted by Gasteiger charge is 2.32. The molecule has 0 bridgehead atoms. The molecule has 1 aliphatic rings. The van der Waals surface area contributed by atoms with Gasteiger partial charge < -0.3 is 4.90 Å². The van der Waals surface area contributed by atoms with E-state index in [1.807, 2.05) is 0 Å². The van der Waals surface area contributed by atoms with E-state index >= 15 is 0 Å². The molecule has 4 nitrogen and oxygen atoms in total. The molecule has 2 aromatic rings. The third kappa shape index (κ3) is 2.65. The van der Waals surface area contributed by atoms with Crippen LogP contribution in [-0.2, 0) is 7.05 Å². The summed E-state index contributed by atoms with van der Waals surface area (Å²) in [5.41, 5.74) is 1.21. The molecule has 1 fully saturated rings.